The number of carbonyl (C=O) groups is 1. The lowest BCUT2D eigenvalue weighted by Crippen LogP contribution is -2.35. The molecule has 3 heteroatoms. The van der Waals surface area contributed by atoms with Crippen molar-refractivity contribution in [3.8, 4) is 0 Å². The lowest BCUT2D eigenvalue weighted by Gasteiger charge is -2.38. The van der Waals surface area contributed by atoms with Gasteiger partial charge in [-0.1, -0.05) is 147 Å². The molecule has 0 heterocycles. The number of hydrogen-bond donors (Lipinski definition) is 2. The highest BCUT2D eigenvalue weighted by molar-refractivity contribution is 6.00. The van der Waals surface area contributed by atoms with Crippen molar-refractivity contribution < 1.29 is 15.0 Å². The number of carbonyl (C=O) groups excluding carboxylic acids is 1. The van der Waals surface area contributed by atoms with E-state index in [4.69, 9.17) is 0 Å². The van der Waals surface area contributed by atoms with Crippen molar-refractivity contribution in [2.45, 2.75) is 94.3 Å². The molecular formula is C40H54O3. The van der Waals surface area contributed by atoms with Crippen LogP contribution in [0.4, 0.5) is 0 Å². The molecule has 0 radical (unpaired) electrons. The molecule has 0 aromatic carbocycles. The van der Waals surface area contributed by atoms with E-state index in [9.17, 15) is 15.0 Å². The highest BCUT2D eigenvalue weighted by Crippen LogP contribution is 2.42. The molecule has 2 rings (SSSR count). The largest absolute Gasteiger partial charge is 0.389 e. The zero-order chi connectivity index (χ0) is 32.4. The molecule has 0 aromatic rings. The predicted octanol–water partition coefficient (Wildman–Crippen LogP) is 9.58. The van der Waals surface area contributed by atoms with Crippen LogP contribution in [0.2, 0.25) is 0 Å². The Bertz CT molecular complexity index is 1360. The van der Waals surface area contributed by atoms with Gasteiger partial charge in [0.2, 0.25) is 0 Å². The number of ketones is 1. The summed E-state index contributed by atoms with van der Waals surface area (Å²) in [5, 5.41) is 20.1. The average molecular weight is 583 g/mol. The van der Waals surface area contributed by atoms with Crippen LogP contribution in [0.15, 0.2) is 130 Å². The Hall–Kier alpha value is -3.27. The Kier molecular flexibility index (Phi) is 13.4. The van der Waals surface area contributed by atoms with Crippen LogP contribution in [-0.2, 0) is 4.79 Å². The van der Waals surface area contributed by atoms with Crippen LogP contribution < -0.4 is 0 Å². The molecule has 3 nitrogen and oxygen atoms in total. The third-order valence-corrected chi connectivity index (χ3v) is 8.36. The minimum atomic E-state index is -0.898. The summed E-state index contributed by atoms with van der Waals surface area (Å²) < 4.78 is 0. The fourth-order valence-corrected chi connectivity index (χ4v) is 5.89. The van der Waals surface area contributed by atoms with E-state index in [1.54, 1.807) is 0 Å². The first kappa shape index (κ1) is 35.9. The lowest BCUT2D eigenvalue weighted by molar-refractivity contribution is -0.125. The fourth-order valence-electron chi connectivity index (χ4n) is 5.89. The second kappa shape index (κ2) is 16.0. The molecule has 0 unspecified atom stereocenters. The summed E-state index contributed by atoms with van der Waals surface area (Å²) in [6.07, 6.45) is 31.2. The van der Waals surface area contributed by atoms with E-state index >= 15 is 0 Å². The van der Waals surface area contributed by atoms with Gasteiger partial charge in [-0.25, -0.2) is 0 Å². The third kappa shape index (κ3) is 11.4. The van der Waals surface area contributed by atoms with E-state index < -0.39 is 6.10 Å². The SMILES string of the molecule is CC1=C[C@H](O)CC(C)(C)[C@@H]1/C=C/C(C)=C/C=C/C(C)=C/C=C/C=C(C)/C=C/C=C(C)/C=C/C1=C(C)C(=O)[C@@H](O)CC1(C)C. The van der Waals surface area contributed by atoms with Crippen LogP contribution >= 0.6 is 0 Å². The Morgan fingerprint density at radius 3 is 1.77 bits per heavy atom. The number of aliphatic hydroxyl groups is 2. The molecule has 2 aliphatic rings. The summed E-state index contributed by atoms with van der Waals surface area (Å²) in [7, 11) is 0. The predicted molar refractivity (Wildman–Crippen MR) is 184 cm³/mol. The van der Waals surface area contributed by atoms with E-state index in [1.165, 1.54) is 16.7 Å². The van der Waals surface area contributed by atoms with Crippen LogP contribution in [0.5, 0.6) is 0 Å². The highest BCUT2D eigenvalue weighted by atomic mass is 16.3. The molecule has 0 bridgehead atoms. The van der Waals surface area contributed by atoms with Gasteiger partial charge in [-0.2, -0.15) is 0 Å². The van der Waals surface area contributed by atoms with Crippen molar-refractivity contribution in [1.82, 2.24) is 0 Å². The number of aliphatic hydroxyl groups excluding tert-OH is 2. The lowest BCUT2D eigenvalue weighted by atomic mass is 9.67. The minimum Gasteiger partial charge on any atom is -0.389 e. The Labute approximate surface area is 261 Å². The first-order valence-corrected chi connectivity index (χ1v) is 15.4. The molecule has 3 atom stereocenters. The summed E-state index contributed by atoms with van der Waals surface area (Å²) in [6.45, 7) is 20.8. The van der Waals surface area contributed by atoms with Crippen LogP contribution in [0.3, 0.4) is 0 Å². The number of Topliss-reactive ketones (excluding diaryl/α,β-unsaturated/α-hetero) is 1. The van der Waals surface area contributed by atoms with Gasteiger partial charge in [-0.15, -0.1) is 0 Å². The summed E-state index contributed by atoms with van der Waals surface area (Å²) in [5.41, 5.74) is 7.29. The number of rotatable bonds is 10. The van der Waals surface area contributed by atoms with Gasteiger partial charge in [0.15, 0.2) is 5.78 Å². The topological polar surface area (TPSA) is 57.5 Å². The van der Waals surface area contributed by atoms with Crippen molar-refractivity contribution >= 4 is 5.78 Å². The molecule has 232 valence electrons. The fraction of sp³-hybridized carbons (Fsp3) is 0.425. The quantitative estimate of drug-likeness (QED) is 0.199. The Morgan fingerprint density at radius 1 is 0.744 bits per heavy atom. The van der Waals surface area contributed by atoms with Crippen molar-refractivity contribution in [1.29, 1.82) is 0 Å². The van der Waals surface area contributed by atoms with Crippen LogP contribution in [0.1, 0.15) is 82.1 Å². The molecule has 0 saturated heterocycles. The summed E-state index contributed by atoms with van der Waals surface area (Å²) >= 11 is 0. The van der Waals surface area contributed by atoms with Crippen LogP contribution in [0.25, 0.3) is 0 Å². The normalized spacial score (nSPS) is 26.3. The maximum atomic E-state index is 12.2. The van der Waals surface area contributed by atoms with Crippen LogP contribution in [-0.4, -0.2) is 28.2 Å². The van der Waals surface area contributed by atoms with Gasteiger partial charge < -0.3 is 10.2 Å². The molecule has 0 fully saturated rings. The summed E-state index contributed by atoms with van der Waals surface area (Å²) in [4.78, 5) is 12.2. The van der Waals surface area contributed by atoms with Crippen molar-refractivity contribution in [3.63, 3.8) is 0 Å². The first-order valence-electron chi connectivity index (χ1n) is 15.4. The van der Waals surface area contributed by atoms with Gasteiger partial charge in [-0.3, -0.25) is 4.79 Å². The minimum absolute atomic E-state index is 0.0473. The van der Waals surface area contributed by atoms with Crippen molar-refractivity contribution in [3.05, 3.63) is 130 Å². The zero-order valence-corrected chi connectivity index (χ0v) is 28.1. The summed E-state index contributed by atoms with van der Waals surface area (Å²) in [6, 6.07) is 0. The zero-order valence-electron chi connectivity index (χ0n) is 28.1. The molecule has 0 aliphatic heterocycles. The molecule has 0 amide bonds. The maximum absolute atomic E-state index is 12.2. The smallest absolute Gasteiger partial charge is 0.187 e. The van der Waals surface area contributed by atoms with E-state index in [1.807, 2.05) is 50.3 Å². The standard InChI is InChI=1S/C40H54O3/c1-28(17-13-19-30(3)21-23-35-32(5)25-34(41)26-39(35,7)8)15-11-12-16-29(2)18-14-20-31(4)22-24-36-33(6)38(43)37(42)27-40(36,9)10/h11-25,34-35,37,41-42H,26-27H2,1-10H3/b12-11+,17-13+,18-14+,23-21+,24-22+,28-15+,29-16+,30-19+,31-20+/t34-,35+,37-/m0/s1. The van der Waals surface area contributed by atoms with Gasteiger partial charge in [0.1, 0.15) is 6.10 Å². The molecule has 2 N–H and O–H groups in total. The molecule has 43 heavy (non-hydrogen) atoms. The van der Waals surface area contributed by atoms with E-state index in [0.29, 0.717) is 17.9 Å². The Balaban J connectivity index is 1.92. The highest BCUT2D eigenvalue weighted by Gasteiger charge is 2.36. The van der Waals surface area contributed by atoms with Gasteiger partial charge in [-0.05, 0) is 76.4 Å². The van der Waals surface area contributed by atoms with E-state index in [-0.39, 0.29) is 22.7 Å². The third-order valence-electron chi connectivity index (χ3n) is 8.36. The number of hydrogen-bond acceptors (Lipinski definition) is 3. The molecule has 2 aliphatic carbocycles. The van der Waals surface area contributed by atoms with Crippen molar-refractivity contribution in [2.75, 3.05) is 0 Å². The van der Waals surface area contributed by atoms with E-state index in [2.05, 4.69) is 110 Å². The summed E-state index contributed by atoms with van der Waals surface area (Å²) in [5.74, 6) is 0.171. The maximum Gasteiger partial charge on any atom is 0.187 e. The average Bonchev–Trinajstić information content (AvgIpc) is 2.88. The van der Waals surface area contributed by atoms with Gasteiger partial charge in [0.05, 0.1) is 6.10 Å². The first-order chi connectivity index (χ1) is 20.0. The van der Waals surface area contributed by atoms with Crippen molar-refractivity contribution in [2.24, 2.45) is 16.7 Å². The Morgan fingerprint density at radius 2 is 1.23 bits per heavy atom. The second-order valence-corrected chi connectivity index (χ2v) is 13.6. The van der Waals surface area contributed by atoms with Gasteiger partial charge in [0.25, 0.3) is 0 Å². The van der Waals surface area contributed by atoms with E-state index in [0.717, 1.165) is 23.1 Å². The molecular weight excluding hydrogens is 528 g/mol. The molecule has 0 aromatic heterocycles. The molecule has 0 saturated carbocycles. The van der Waals surface area contributed by atoms with Crippen LogP contribution in [0, 0.1) is 16.7 Å². The monoisotopic (exact) mass is 582 g/mol. The second-order valence-electron chi connectivity index (χ2n) is 13.6. The molecule has 0 spiro atoms. The van der Waals surface area contributed by atoms with Gasteiger partial charge >= 0.3 is 0 Å². The van der Waals surface area contributed by atoms with Gasteiger partial charge in [0, 0.05) is 5.92 Å². The number of allylic oxidation sites excluding steroid dienone is 20.